The van der Waals surface area contributed by atoms with E-state index in [0.29, 0.717) is 5.69 Å². The van der Waals surface area contributed by atoms with E-state index in [1.54, 1.807) is 31.9 Å². The number of carbonyl (C=O) groups excluding carboxylic acids is 1. The van der Waals surface area contributed by atoms with Crippen molar-refractivity contribution in [2.24, 2.45) is 7.05 Å². The second-order valence-corrected chi connectivity index (χ2v) is 7.13. The fourth-order valence-electron chi connectivity index (χ4n) is 2.51. The lowest BCUT2D eigenvalue weighted by Gasteiger charge is -2.16. The van der Waals surface area contributed by atoms with Crippen LogP contribution in [0.2, 0.25) is 0 Å². The molecule has 0 fully saturated rings. The van der Waals surface area contributed by atoms with Crippen molar-refractivity contribution in [3.8, 4) is 0 Å². The van der Waals surface area contributed by atoms with Crippen molar-refractivity contribution in [3.05, 3.63) is 45.6 Å². The molecule has 7 nitrogen and oxygen atoms in total. The van der Waals surface area contributed by atoms with Gasteiger partial charge in [0.1, 0.15) is 5.69 Å². The summed E-state index contributed by atoms with van der Waals surface area (Å²) in [6, 6.07) is 2.49. The van der Waals surface area contributed by atoms with E-state index in [1.807, 2.05) is 0 Å². The number of nitrogens with zero attached hydrogens (tertiary/aromatic N) is 6. The minimum absolute atomic E-state index is 0.00828. The monoisotopic (exact) mass is 446 g/mol. The standard InChI is InChI=1S/C15H14BrClF2N6O/c1-8-4-12(15(17,18)19)25-13(21-8)5-10(22-25)14(26)23(2)7-11-9(16)6-20-24(11)3/h4-6H,7H2,1-3H3. The normalized spacial score (nSPS) is 12.0. The molecule has 0 aromatic carbocycles. The number of hydrogen-bond donors (Lipinski definition) is 0. The Hall–Kier alpha value is -2.07. The van der Waals surface area contributed by atoms with Crippen LogP contribution in [0.1, 0.15) is 27.6 Å². The highest BCUT2D eigenvalue weighted by Crippen LogP contribution is 2.32. The van der Waals surface area contributed by atoms with Crippen LogP contribution in [0.25, 0.3) is 5.65 Å². The zero-order chi connectivity index (χ0) is 19.2. The van der Waals surface area contributed by atoms with Gasteiger partial charge in [-0.2, -0.15) is 19.0 Å². The van der Waals surface area contributed by atoms with Crippen LogP contribution in [0.5, 0.6) is 0 Å². The first kappa shape index (κ1) is 18.7. The lowest BCUT2D eigenvalue weighted by molar-refractivity contribution is 0.0769. The minimum atomic E-state index is -3.64. The Kier molecular flexibility index (Phi) is 4.74. The van der Waals surface area contributed by atoms with Crippen molar-refractivity contribution >= 4 is 39.1 Å². The molecule has 0 spiro atoms. The molecular weight excluding hydrogens is 434 g/mol. The summed E-state index contributed by atoms with van der Waals surface area (Å²) >= 11 is 8.53. The molecule has 0 atom stereocenters. The van der Waals surface area contributed by atoms with E-state index in [4.69, 9.17) is 11.6 Å². The van der Waals surface area contributed by atoms with Crippen molar-refractivity contribution in [3.63, 3.8) is 0 Å². The fraction of sp³-hybridized carbons (Fsp3) is 0.333. The maximum absolute atomic E-state index is 13.6. The van der Waals surface area contributed by atoms with Gasteiger partial charge in [-0.15, -0.1) is 0 Å². The molecule has 0 aliphatic carbocycles. The van der Waals surface area contributed by atoms with Crippen molar-refractivity contribution in [1.29, 1.82) is 0 Å². The number of fused-ring (bicyclic) bond motifs is 1. The highest BCUT2D eigenvalue weighted by molar-refractivity contribution is 9.10. The summed E-state index contributed by atoms with van der Waals surface area (Å²) in [5.41, 5.74) is 0.702. The maximum atomic E-state index is 13.6. The first-order valence-corrected chi connectivity index (χ1v) is 8.61. The topological polar surface area (TPSA) is 68.3 Å². The largest absolute Gasteiger partial charge is 0.364 e. The molecule has 1 amide bonds. The van der Waals surface area contributed by atoms with Crippen molar-refractivity contribution in [2.45, 2.75) is 18.9 Å². The van der Waals surface area contributed by atoms with E-state index in [9.17, 15) is 13.6 Å². The van der Waals surface area contributed by atoms with Gasteiger partial charge in [-0.25, -0.2) is 9.50 Å². The molecular formula is C15H14BrClF2N6O. The molecule has 3 aromatic heterocycles. The van der Waals surface area contributed by atoms with Gasteiger partial charge in [0.05, 0.1) is 22.9 Å². The van der Waals surface area contributed by atoms with Crippen LogP contribution in [0.4, 0.5) is 8.78 Å². The summed E-state index contributed by atoms with van der Waals surface area (Å²) in [7, 11) is 3.34. The van der Waals surface area contributed by atoms with Gasteiger partial charge in [-0.05, 0) is 40.5 Å². The molecule has 0 saturated carbocycles. The Morgan fingerprint density at radius 1 is 1.42 bits per heavy atom. The third-order valence-electron chi connectivity index (χ3n) is 3.81. The zero-order valence-corrected chi connectivity index (χ0v) is 16.4. The van der Waals surface area contributed by atoms with Crippen LogP contribution < -0.4 is 0 Å². The predicted octanol–water partition coefficient (Wildman–Crippen LogP) is 3.09. The van der Waals surface area contributed by atoms with E-state index in [-0.39, 0.29) is 17.9 Å². The van der Waals surface area contributed by atoms with Gasteiger partial charge < -0.3 is 4.90 Å². The Labute approximate surface area is 160 Å². The Bertz CT molecular complexity index is 977. The molecule has 0 aliphatic rings. The molecule has 26 heavy (non-hydrogen) atoms. The first-order chi connectivity index (χ1) is 12.1. The molecule has 0 N–H and O–H groups in total. The molecule has 3 aromatic rings. The molecule has 0 aliphatic heterocycles. The zero-order valence-electron chi connectivity index (χ0n) is 14.0. The van der Waals surface area contributed by atoms with Crippen LogP contribution >= 0.6 is 27.5 Å². The number of aromatic nitrogens is 5. The molecule has 0 unspecified atom stereocenters. The summed E-state index contributed by atoms with van der Waals surface area (Å²) in [5, 5.41) is 4.43. The summed E-state index contributed by atoms with van der Waals surface area (Å²) < 4.78 is 30.6. The number of aryl methyl sites for hydroxylation is 2. The van der Waals surface area contributed by atoms with Crippen LogP contribution in [-0.4, -0.2) is 42.2 Å². The molecule has 11 heteroatoms. The smallest absolute Gasteiger partial charge is 0.334 e. The number of alkyl halides is 3. The van der Waals surface area contributed by atoms with Crippen molar-refractivity contribution in [2.75, 3.05) is 7.05 Å². The van der Waals surface area contributed by atoms with Gasteiger partial charge in [-0.1, -0.05) is 0 Å². The summed E-state index contributed by atoms with van der Waals surface area (Å²) in [5.74, 6) is -0.440. The number of amides is 1. The van der Waals surface area contributed by atoms with Crippen LogP contribution in [0.15, 0.2) is 22.8 Å². The van der Waals surface area contributed by atoms with Gasteiger partial charge in [0, 0.05) is 25.9 Å². The molecule has 3 rings (SSSR count). The van der Waals surface area contributed by atoms with Gasteiger partial charge in [0.15, 0.2) is 11.3 Å². The SMILES string of the molecule is Cc1cc(C(F)(F)Cl)n2nc(C(=O)N(C)Cc3c(Br)cnn3C)cc2n1. The van der Waals surface area contributed by atoms with Gasteiger partial charge in [0.25, 0.3) is 5.91 Å². The molecule has 0 radical (unpaired) electrons. The van der Waals surface area contributed by atoms with E-state index < -0.39 is 17.0 Å². The fourth-order valence-corrected chi connectivity index (χ4v) is 3.12. The lowest BCUT2D eigenvalue weighted by Crippen LogP contribution is -2.28. The van der Waals surface area contributed by atoms with Gasteiger partial charge in [0.2, 0.25) is 0 Å². The van der Waals surface area contributed by atoms with Gasteiger partial charge in [-0.3, -0.25) is 9.48 Å². The van der Waals surface area contributed by atoms with Crippen molar-refractivity contribution < 1.29 is 13.6 Å². The number of halogens is 4. The third kappa shape index (κ3) is 3.43. The molecule has 3 heterocycles. The van der Waals surface area contributed by atoms with Crippen LogP contribution in [-0.2, 0) is 19.0 Å². The van der Waals surface area contributed by atoms with E-state index in [0.717, 1.165) is 20.7 Å². The second kappa shape index (κ2) is 6.58. The highest BCUT2D eigenvalue weighted by atomic mass is 79.9. The molecule has 0 bridgehead atoms. The molecule has 138 valence electrons. The third-order valence-corrected chi connectivity index (χ3v) is 4.67. The number of rotatable bonds is 4. The molecule has 0 saturated heterocycles. The average Bonchev–Trinajstić information content (AvgIpc) is 3.10. The summed E-state index contributed by atoms with van der Waals surface area (Å²) in [4.78, 5) is 18.2. The quantitative estimate of drug-likeness (QED) is 0.577. The van der Waals surface area contributed by atoms with E-state index in [2.05, 4.69) is 31.1 Å². The predicted molar refractivity (Wildman–Crippen MR) is 94.2 cm³/mol. The summed E-state index contributed by atoms with van der Waals surface area (Å²) in [6.07, 6.45) is 1.63. The maximum Gasteiger partial charge on any atom is 0.364 e. The van der Waals surface area contributed by atoms with E-state index >= 15 is 0 Å². The van der Waals surface area contributed by atoms with Crippen LogP contribution in [0.3, 0.4) is 0 Å². The summed E-state index contributed by atoms with van der Waals surface area (Å²) in [6.45, 7) is 1.82. The van der Waals surface area contributed by atoms with Crippen molar-refractivity contribution in [1.82, 2.24) is 29.3 Å². The number of hydrogen-bond acceptors (Lipinski definition) is 4. The van der Waals surface area contributed by atoms with Gasteiger partial charge >= 0.3 is 5.38 Å². The Morgan fingerprint density at radius 2 is 2.12 bits per heavy atom. The Morgan fingerprint density at radius 3 is 2.69 bits per heavy atom. The minimum Gasteiger partial charge on any atom is -0.334 e. The first-order valence-electron chi connectivity index (χ1n) is 7.44. The Balaban J connectivity index is 1.96. The average molecular weight is 448 g/mol. The highest BCUT2D eigenvalue weighted by Gasteiger charge is 2.33. The van der Waals surface area contributed by atoms with Crippen LogP contribution in [0, 0.1) is 6.92 Å². The lowest BCUT2D eigenvalue weighted by atomic mass is 10.3. The number of carbonyl (C=O) groups is 1. The second-order valence-electron chi connectivity index (χ2n) is 5.80. The van der Waals surface area contributed by atoms with E-state index in [1.165, 1.54) is 11.0 Å².